The van der Waals surface area contributed by atoms with Crippen LogP contribution in [0, 0.1) is 6.92 Å². The first-order chi connectivity index (χ1) is 9.94. The lowest BCUT2D eigenvalue weighted by Crippen LogP contribution is -2.29. The SMILES string of the molecule is Cc1ccccc1N(CCCN)CCCOCC(F)(F)F. The van der Waals surface area contributed by atoms with Gasteiger partial charge in [-0.3, -0.25) is 0 Å². The van der Waals surface area contributed by atoms with Crippen molar-refractivity contribution >= 4 is 5.69 Å². The Hall–Kier alpha value is -1.27. The molecule has 0 heterocycles. The number of ether oxygens (including phenoxy) is 1. The fourth-order valence-electron chi connectivity index (χ4n) is 2.10. The predicted molar refractivity (Wildman–Crippen MR) is 78.6 cm³/mol. The number of rotatable bonds is 9. The second-order valence-electron chi connectivity index (χ2n) is 4.94. The monoisotopic (exact) mass is 304 g/mol. The molecule has 1 rings (SSSR count). The Kier molecular flexibility index (Phi) is 7.53. The van der Waals surface area contributed by atoms with Gasteiger partial charge in [-0.15, -0.1) is 0 Å². The minimum absolute atomic E-state index is 0.102. The molecule has 0 aliphatic rings. The number of para-hydroxylation sites is 1. The molecule has 0 unspecified atom stereocenters. The van der Waals surface area contributed by atoms with Gasteiger partial charge in [0, 0.05) is 25.4 Å². The maximum absolute atomic E-state index is 12.0. The van der Waals surface area contributed by atoms with Gasteiger partial charge in [0.15, 0.2) is 0 Å². The van der Waals surface area contributed by atoms with Crippen LogP contribution in [0.15, 0.2) is 24.3 Å². The third kappa shape index (κ3) is 7.34. The third-order valence-corrected chi connectivity index (χ3v) is 3.07. The van der Waals surface area contributed by atoms with Crippen molar-refractivity contribution in [2.45, 2.75) is 25.9 Å². The second-order valence-corrected chi connectivity index (χ2v) is 4.94. The van der Waals surface area contributed by atoms with Crippen molar-refractivity contribution in [3.63, 3.8) is 0 Å². The van der Waals surface area contributed by atoms with Gasteiger partial charge in [0.25, 0.3) is 0 Å². The second kappa shape index (κ2) is 8.89. The van der Waals surface area contributed by atoms with E-state index in [4.69, 9.17) is 5.73 Å². The summed E-state index contributed by atoms with van der Waals surface area (Å²) in [6.07, 6.45) is -2.86. The lowest BCUT2D eigenvalue weighted by Gasteiger charge is -2.26. The molecule has 0 amide bonds. The van der Waals surface area contributed by atoms with Gasteiger partial charge in [0.1, 0.15) is 6.61 Å². The highest BCUT2D eigenvalue weighted by atomic mass is 19.4. The average Bonchev–Trinajstić information content (AvgIpc) is 2.41. The van der Waals surface area contributed by atoms with E-state index >= 15 is 0 Å². The minimum atomic E-state index is -4.25. The van der Waals surface area contributed by atoms with Crippen molar-refractivity contribution in [1.29, 1.82) is 0 Å². The molecule has 0 bridgehead atoms. The van der Waals surface area contributed by atoms with Crippen LogP contribution in [0.2, 0.25) is 0 Å². The molecule has 0 saturated carbocycles. The van der Waals surface area contributed by atoms with Gasteiger partial charge in [0.05, 0.1) is 0 Å². The smallest absolute Gasteiger partial charge is 0.372 e. The Labute approximate surface area is 123 Å². The number of benzene rings is 1. The summed E-state index contributed by atoms with van der Waals surface area (Å²) in [6.45, 7) is 2.98. The van der Waals surface area contributed by atoms with Crippen LogP contribution in [0.1, 0.15) is 18.4 Å². The van der Waals surface area contributed by atoms with Crippen LogP contribution in [0.5, 0.6) is 0 Å². The molecular formula is C15H23F3N2O. The number of hydrogen-bond acceptors (Lipinski definition) is 3. The van der Waals surface area contributed by atoms with E-state index in [1.54, 1.807) is 0 Å². The van der Waals surface area contributed by atoms with Crippen molar-refractivity contribution in [1.82, 2.24) is 0 Å². The van der Waals surface area contributed by atoms with Gasteiger partial charge in [-0.25, -0.2) is 0 Å². The average molecular weight is 304 g/mol. The summed E-state index contributed by atoms with van der Waals surface area (Å²) in [5.74, 6) is 0. The topological polar surface area (TPSA) is 38.5 Å². The first-order valence-electron chi connectivity index (χ1n) is 7.09. The van der Waals surface area contributed by atoms with Gasteiger partial charge in [-0.2, -0.15) is 13.2 Å². The molecule has 3 nitrogen and oxygen atoms in total. The highest BCUT2D eigenvalue weighted by Crippen LogP contribution is 2.20. The zero-order valence-corrected chi connectivity index (χ0v) is 12.3. The zero-order chi connectivity index (χ0) is 15.7. The molecule has 2 N–H and O–H groups in total. The van der Waals surface area contributed by atoms with E-state index in [0.29, 0.717) is 19.5 Å². The van der Waals surface area contributed by atoms with E-state index in [2.05, 4.69) is 9.64 Å². The van der Waals surface area contributed by atoms with Crippen LogP contribution < -0.4 is 10.6 Å². The fourth-order valence-corrected chi connectivity index (χ4v) is 2.10. The number of nitrogens with zero attached hydrogens (tertiary/aromatic N) is 1. The standard InChI is InChI=1S/C15H23F3N2O/c1-13-6-2-3-7-14(13)20(9-4-8-19)10-5-11-21-12-15(16,17)18/h2-3,6-7H,4-5,8-12,19H2,1H3. The van der Waals surface area contributed by atoms with Gasteiger partial charge in [0.2, 0.25) is 0 Å². The Balaban J connectivity index is 2.46. The van der Waals surface area contributed by atoms with Crippen molar-refractivity contribution in [3.8, 4) is 0 Å². The van der Waals surface area contributed by atoms with Gasteiger partial charge in [-0.1, -0.05) is 18.2 Å². The highest BCUT2D eigenvalue weighted by Gasteiger charge is 2.27. The number of aryl methyl sites for hydroxylation is 1. The molecule has 0 aliphatic carbocycles. The number of alkyl halides is 3. The third-order valence-electron chi connectivity index (χ3n) is 3.07. The van der Waals surface area contributed by atoms with Gasteiger partial charge < -0.3 is 15.4 Å². The summed E-state index contributed by atoms with van der Waals surface area (Å²) in [5.41, 5.74) is 7.78. The van der Waals surface area contributed by atoms with E-state index in [1.807, 2.05) is 31.2 Å². The lowest BCUT2D eigenvalue weighted by molar-refractivity contribution is -0.173. The first kappa shape index (κ1) is 17.8. The molecule has 0 aromatic heterocycles. The quantitative estimate of drug-likeness (QED) is 0.712. The van der Waals surface area contributed by atoms with Gasteiger partial charge in [-0.05, 0) is 37.9 Å². The van der Waals surface area contributed by atoms with E-state index < -0.39 is 12.8 Å². The maximum Gasteiger partial charge on any atom is 0.411 e. The highest BCUT2D eigenvalue weighted by molar-refractivity contribution is 5.52. The molecular weight excluding hydrogens is 281 g/mol. The molecule has 1 aromatic carbocycles. The molecule has 21 heavy (non-hydrogen) atoms. The molecule has 0 atom stereocenters. The normalized spacial score (nSPS) is 11.7. The van der Waals surface area contributed by atoms with E-state index in [9.17, 15) is 13.2 Å². The van der Waals surface area contributed by atoms with E-state index in [1.165, 1.54) is 0 Å². The number of nitrogens with two attached hydrogens (primary N) is 1. The van der Waals surface area contributed by atoms with Crippen molar-refractivity contribution in [2.24, 2.45) is 5.73 Å². The molecule has 1 aromatic rings. The Bertz CT molecular complexity index is 410. The summed E-state index contributed by atoms with van der Waals surface area (Å²) in [5, 5.41) is 0. The largest absolute Gasteiger partial charge is 0.411 e. The molecule has 6 heteroatoms. The van der Waals surface area contributed by atoms with Crippen LogP contribution in [0.25, 0.3) is 0 Å². The van der Waals surface area contributed by atoms with Crippen LogP contribution in [-0.4, -0.2) is 39.0 Å². The van der Waals surface area contributed by atoms with Crippen LogP contribution in [-0.2, 0) is 4.74 Å². The predicted octanol–water partition coefficient (Wildman–Crippen LogP) is 3.12. The van der Waals surface area contributed by atoms with Crippen LogP contribution in [0.3, 0.4) is 0 Å². The van der Waals surface area contributed by atoms with Crippen molar-refractivity contribution in [2.75, 3.05) is 37.7 Å². The molecule has 0 radical (unpaired) electrons. The summed E-state index contributed by atoms with van der Waals surface area (Å²) < 4.78 is 40.6. The van der Waals surface area contributed by atoms with Crippen molar-refractivity contribution in [3.05, 3.63) is 29.8 Å². The van der Waals surface area contributed by atoms with Crippen LogP contribution in [0.4, 0.5) is 18.9 Å². The number of anilines is 1. The molecule has 0 fully saturated rings. The van der Waals surface area contributed by atoms with Crippen molar-refractivity contribution < 1.29 is 17.9 Å². The molecule has 0 saturated heterocycles. The van der Waals surface area contributed by atoms with E-state index in [0.717, 1.165) is 24.2 Å². The minimum Gasteiger partial charge on any atom is -0.372 e. The van der Waals surface area contributed by atoms with Gasteiger partial charge >= 0.3 is 6.18 Å². The summed E-state index contributed by atoms with van der Waals surface area (Å²) in [6, 6.07) is 7.96. The molecule has 120 valence electrons. The summed E-state index contributed by atoms with van der Waals surface area (Å²) >= 11 is 0. The number of hydrogen-bond donors (Lipinski definition) is 1. The molecule has 0 aliphatic heterocycles. The zero-order valence-electron chi connectivity index (χ0n) is 12.3. The lowest BCUT2D eigenvalue weighted by atomic mass is 10.1. The molecule has 0 spiro atoms. The van der Waals surface area contributed by atoms with Crippen LogP contribution >= 0.6 is 0 Å². The first-order valence-corrected chi connectivity index (χ1v) is 7.09. The summed E-state index contributed by atoms with van der Waals surface area (Å²) in [7, 11) is 0. The fraction of sp³-hybridized carbons (Fsp3) is 0.600. The summed E-state index contributed by atoms with van der Waals surface area (Å²) in [4.78, 5) is 2.15. The number of halogens is 3. The Morgan fingerprint density at radius 1 is 1.14 bits per heavy atom. The maximum atomic E-state index is 12.0. The Morgan fingerprint density at radius 2 is 1.81 bits per heavy atom. The Morgan fingerprint density at radius 3 is 2.43 bits per heavy atom. The van der Waals surface area contributed by atoms with E-state index in [-0.39, 0.29) is 6.61 Å².